The SMILES string of the molecule is CSc1ccccc1-c1ccc(C(=O)c2cc(C)nn2Cc2cccc(C#N)c2)cc1. The van der Waals surface area contributed by atoms with E-state index in [1.165, 1.54) is 4.90 Å². The number of nitriles is 1. The predicted octanol–water partition coefficient (Wildman–Crippen LogP) is 5.73. The minimum absolute atomic E-state index is 0.0678. The second-order valence-corrected chi connectivity index (χ2v) is 8.10. The van der Waals surface area contributed by atoms with Gasteiger partial charge in [0.05, 0.1) is 23.9 Å². The van der Waals surface area contributed by atoms with Crippen LogP contribution in [0.1, 0.15) is 32.9 Å². The summed E-state index contributed by atoms with van der Waals surface area (Å²) in [6.07, 6.45) is 2.06. The molecule has 0 aliphatic carbocycles. The van der Waals surface area contributed by atoms with Crippen molar-refractivity contribution in [1.29, 1.82) is 5.26 Å². The molecule has 5 heteroatoms. The highest BCUT2D eigenvalue weighted by Crippen LogP contribution is 2.30. The zero-order valence-corrected chi connectivity index (χ0v) is 18.2. The van der Waals surface area contributed by atoms with E-state index in [-0.39, 0.29) is 5.78 Å². The lowest BCUT2D eigenvalue weighted by Crippen LogP contribution is -2.12. The first-order valence-electron chi connectivity index (χ1n) is 9.90. The Morgan fingerprint density at radius 2 is 1.81 bits per heavy atom. The zero-order valence-electron chi connectivity index (χ0n) is 17.4. The van der Waals surface area contributed by atoms with Crippen LogP contribution in [0.3, 0.4) is 0 Å². The number of ketones is 1. The van der Waals surface area contributed by atoms with E-state index in [0.29, 0.717) is 23.4 Å². The van der Waals surface area contributed by atoms with Crippen molar-refractivity contribution in [2.75, 3.05) is 6.26 Å². The number of nitrogens with zero attached hydrogens (tertiary/aromatic N) is 3. The van der Waals surface area contributed by atoms with Crippen molar-refractivity contribution in [3.05, 3.63) is 107 Å². The molecule has 31 heavy (non-hydrogen) atoms. The minimum Gasteiger partial charge on any atom is -0.287 e. The molecular formula is C26H21N3OS. The van der Waals surface area contributed by atoms with Gasteiger partial charge in [0.15, 0.2) is 0 Å². The summed E-state index contributed by atoms with van der Waals surface area (Å²) in [6, 6.07) is 27.3. The molecule has 0 spiro atoms. The van der Waals surface area contributed by atoms with Crippen molar-refractivity contribution in [2.45, 2.75) is 18.4 Å². The number of rotatable bonds is 6. The second kappa shape index (κ2) is 9.03. The molecule has 1 heterocycles. The van der Waals surface area contributed by atoms with E-state index in [9.17, 15) is 4.79 Å². The molecule has 0 aliphatic rings. The van der Waals surface area contributed by atoms with Gasteiger partial charge in [0.1, 0.15) is 5.69 Å². The summed E-state index contributed by atoms with van der Waals surface area (Å²) in [5.41, 5.74) is 5.71. The van der Waals surface area contributed by atoms with Crippen molar-refractivity contribution in [3.63, 3.8) is 0 Å². The molecule has 0 unspecified atom stereocenters. The lowest BCUT2D eigenvalue weighted by atomic mass is 10.0. The lowest BCUT2D eigenvalue weighted by Gasteiger charge is -2.10. The maximum atomic E-state index is 13.2. The van der Waals surface area contributed by atoms with E-state index in [1.54, 1.807) is 22.5 Å². The molecule has 0 amide bonds. The van der Waals surface area contributed by atoms with Gasteiger partial charge in [-0.05, 0) is 54.1 Å². The monoisotopic (exact) mass is 423 g/mol. The first kappa shape index (κ1) is 20.6. The summed E-state index contributed by atoms with van der Waals surface area (Å²) in [5.74, 6) is -0.0678. The molecule has 4 nitrogen and oxygen atoms in total. The Balaban J connectivity index is 1.62. The van der Waals surface area contributed by atoms with Gasteiger partial charge in [-0.1, -0.05) is 54.6 Å². The number of benzene rings is 3. The number of aromatic nitrogens is 2. The fourth-order valence-corrected chi connectivity index (χ4v) is 4.21. The molecular weight excluding hydrogens is 402 g/mol. The average molecular weight is 424 g/mol. The summed E-state index contributed by atoms with van der Waals surface area (Å²) < 4.78 is 1.71. The van der Waals surface area contributed by atoms with Gasteiger partial charge >= 0.3 is 0 Å². The van der Waals surface area contributed by atoms with Gasteiger partial charge in [0.25, 0.3) is 0 Å². The second-order valence-electron chi connectivity index (χ2n) is 7.25. The number of carbonyl (C=O) groups excluding carboxylic acids is 1. The fraction of sp³-hybridized carbons (Fsp3) is 0.115. The van der Waals surface area contributed by atoms with Crippen LogP contribution in [0.15, 0.2) is 83.8 Å². The summed E-state index contributed by atoms with van der Waals surface area (Å²) in [5, 5.41) is 13.6. The molecule has 0 atom stereocenters. The van der Waals surface area contributed by atoms with Crippen LogP contribution < -0.4 is 0 Å². The molecule has 0 saturated heterocycles. The quantitative estimate of drug-likeness (QED) is 0.293. The Morgan fingerprint density at radius 3 is 2.55 bits per heavy atom. The van der Waals surface area contributed by atoms with Gasteiger partial charge in [-0.2, -0.15) is 10.4 Å². The number of hydrogen-bond donors (Lipinski definition) is 0. The van der Waals surface area contributed by atoms with Crippen LogP contribution in [0.5, 0.6) is 0 Å². The van der Waals surface area contributed by atoms with E-state index >= 15 is 0 Å². The number of thioether (sulfide) groups is 1. The van der Waals surface area contributed by atoms with Gasteiger partial charge in [0.2, 0.25) is 5.78 Å². The van der Waals surface area contributed by atoms with Crippen molar-refractivity contribution in [2.24, 2.45) is 0 Å². The molecule has 0 radical (unpaired) electrons. The molecule has 0 aliphatic heterocycles. The highest BCUT2D eigenvalue weighted by atomic mass is 32.2. The average Bonchev–Trinajstić information content (AvgIpc) is 3.18. The van der Waals surface area contributed by atoms with Gasteiger partial charge in [-0.25, -0.2) is 0 Å². The Labute approximate surface area is 186 Å². The predicted molar refractivity (Wildman–Crippen MR) is 124 cm³/mol. The van der Waals surface area contributed by atoms with E-state index < -0.39 is 0 Å². The lowest BCUT2D eigenvalue weighted by molar-refractivity contribution is 0.102. The van der Waals surface area contributed by atoms with Crippen LogP contribution in [0.2, 0.25) is 0 Å². The summed E-state index contributed by atoms with van der Waals surface area (Å²) in [6.45, 7) is 2.31. The molecule has 152 valence electrons. The first-order chi connectivity index (χ1) is 15.1. The first-order valence-corrected chi connectivity index (χ1v) is 11.1. The third-order valence-electron chi connectivity index (χ3n) is 5.09. The summed E-state index contributed by atoms with van der Waals surface area (Å²) in [4.78, 5) is 14.5. The topological polar surface area (TPSA) is 58.7 Å². The van der Waals surface area contributed by atoms with Crippen LogP contribution >= 0.6 is 11.8 Å². The number of carbonyl (C=O) groups is 1. The van der Waals surface area contributed by atoms with E-state index in [0.717, 1.165) is 22.4 Å². The van der Waals surface area contributed by atoms with Gasteiger partial charge in [-0.15, -0.1) is 11.8 Å². The Morgan fingerprint density at radius 1 is 1.03 bits per heavy atom. The zero-order chi connectivity index (χ0) is 21.8. The summed E-state index contributed by atoms with van der Waals surface area (Å²) in [7, 11) is 0. The van der Waals surface area contributed by atoms with Crippen LogP contribution in [0, 0.1) is 18.3 Å². The molecule has 4 rings (SSSR count). The van der Waals surface area contributed by atoms with E-state index in [4.69, 9.17) is 5.26 Å². The number of hydrogen-bond acceptors (Lipinski definition) is 4. The van der Waals surface area contributed by atoms with Crippen LogP contribution in [-0.4, -0.2) is 21.8 Å². The van der Waals surface area contributed by atoms with E-state index in [1.807, 2.05) is 67.6 Å². The standard InChI is InChI=1S/C26H21N3OS/c1-18-14-24(29(28-18)17-20-7-5-6-19(15-20)16-27)26(30)22-12-10-21(11-13-22)23-8-3-4-9-25(23)31-2/h3-15H,17H2,1-2H3. The third kappa shape index (κ3) is 4.45. The van der Waals surface area contributed by atoms with Gasteiger partial charge < -0.3 is 0 Å². The molecule has 4 aromatic rings. The van der Waals surface area contributed by atoms with Crippen molar-refractivity contribution < 1.29 is 4.79 Å². The molecule has 3 aromatic carbocycles. The Kier molecular flexibility index (Phi) is 6.01. The summed E-state index contributed by atoms with van der Waals surface area (Å²) >= 11 is 1.71. The molecule has 0 fully saturated rings. The van der Waals surface area contributed by atoms with Crippen molar-refractivity contribution in [1.82, 2.24) is 9.78 Å². The minimum atomic E-state index is -0.0678. The Hall–Kier alpha value is -3.62. The van der Waals surface area contributed by atoms with Gasteiger partial charge in [0, 0.05) is 10.5 Å². The molecule has 0 saturated carbocycles. The normalized spacial score (nSPS) is 10.6. The fourth-order valence-electron chi connectivity index (χ4n) is 3.59. The third-order valence-corrected chi connectivity index (χ3v) is 5.88. The van der Waals surface area contributed by atoms with Crippen molar-refractivity contribution in [3.8, 4) is 17.2 Å². The molecule has 1 aromatic heterocycles. The van der Waals surface area contributed by atoms with Gasteiger partial charge in [-0.3, -0.25) is 9.48 Å². The smallest absolute Gasteiger partial charge is 0.211 e. The Bertz CT molecular complexity index is 1280. The van der Waals surface area contributed by atoms with E-state index in [2.05, 4.69) is 29.6 Å². The van der Waals surface area contributed by atoms with Crippen molar-refractivity contribution >= 4 is 17.5 Å². The molecule has 0 bridgehead atoms. The maximum absolute atomic E-state index is 13.2. The maximum Gasteiger partial charge on any atom is 0.211 e. The van der Waals surface area contributed by atoms with Crippen LogP contribution in [-0.2, 0) is 6.54 Å². The highest BCUT2D eigenvalue weighted by molar-refractivity contribution is 7.98. The van der Waals surface area contributed by atoms with Crippen LogP contribution in [0.4, 0.5) is 0 Å². The molecule has 0 N–H and O–H groups in total. The highest BCUT2D eigenvalue weighted by Gasteiger charge is 2.17. The largest absolute Gasteiger partial charge is 0.287 e. The number of aryl methyl sites for hydroxylation is 1. The van der Waals surface area contributed by atoms with Crippen LogP contribution in [0.25, 0.3) is 11.1 Å².